The van der Waals surface area contributed by atoms with E-state index in [1.54, 1.807) is 0 Å². The fourth-order valence-electron chi connectivity index (χ4n) is 3.69. The fourth-order valence-corrected chi connectivity index (χ4v) is 3.69. The second kappa shape index (κ2) is 7.41. The summed E-state index contributed by atoms with van der Waals surface area (Å²) in [6.45, 7) is 5.03. The van der Waals surface area contributed by atoms with Crippen molar-refractivity contribution in [3.05, 3.63) is 0 Å². The van der Waals surface area contributed by atoms with Gasteiger partial charge in [0.15, 0.2) is 0 Å². The van der Waals surface area contributed by atoms with Gasteiger partial charge in [-0.1, -0.05) is 19.8 Å². The van der Waals surface area contributed by atoms with Gasteiger partial charge < -0.3 is 10.6 Å². The van der Waals surface area contributed by atoms with Gasteiger partial charge in [-0.25, -0.2) is 0 Å². The Morgan fingerprint density at radius 1 is 1.30 bits per heavy atom. The van der Waals surface area contributed by atoms with Gasteiger partial charge in [0, 0.05) is 38.1 Å². The Morgan fingerprint density at radius 2 is 2.10 bits per heavy atom. The summed E-state index contributed by atoms with van der Waals surface area (Å²) in [5.74, 6) is 1.04. The van der Waals surface area contributed by atoms with Gasteiger partial charge in [-0.2, -0.15) is 0 Å². The van der Waals surface area contributed by atoms with Crippen LogP contribution in [0.1, 0.15) is 51.9 Å². The lowest BCUT2D eigenvalue weighted by molar-refractivity contribution is -0.134. The van der Waals surface area contributed by atoms with Gasteiger partial charge in [-0.3, -0.25) is 9.69 Å². The maximum absolute atomic E-state index is 12.4. The first-order valence-corrected chi connectivity index (χ1v) is 8.33. The largest absolute Gasteiger partial charge is 0.340 e. The van der Waals surface area contributed by atoms with Crippen LogP contribution in [0.4, 0.5) is 0 Å². The highest BCUT2D eigenvalue weighted by molar-refractivity contribution is 5.76. The zero-order valence-electron chi connectivity index (χ0n) is 13.2. The number of likely N-dealkylation sites (N-methyl/N-ethyl adjacent to an activating group) is 1. The molecule has 2 N–H and O–H groups in total. The first kappa shape index (κ1) is 15.8. The standard InChI is InChI=1S/C16H31N3O/c1-3-15-12-19(10-9-18(15)2)16(20)8-7-13-5-4-6-14(17)11-13/h13-15H,3-12,17H2,1-2H3. The first-order chi connectivity index (χ1) is 9.60. The Balaban J connectivity index is 1.74. The molecule has 3 atom stereocenters. The average molecular weight is 281 g/mol. The molecule has 1 saturated heterocycles. The minimum absolute atomic E-state index is 0.357. The van der Waals surface area contributed by atoms with E-state index in [1.165, 1.54) is 19.3 Å². The smallest absolute Gasteiger partial charge is 0.222 e. The summed E-state index contributed by atoms with van der Waals surface area (Å²) >= 11 is 0. The van der Waals surface area contributed by atoms with Crippen molar-refractivity contribution < 1.29 is 4.79 Å². The molecule has 116 valence electrons. The van der Waals surface area contributed by atoms with E-state index in [9.17, 15) is 4.79 Å². The molecule has 3 unspecified atom stereocenters. The predicted molar refractivity (Wildman–Crippen MR) is 82.5 cm³/mol. The molecule has 2 fully saturated rings. The third-order valence-corrected chi connectivity index (χ3v) is 5.19. The van der Waals surface area contributed by atoms with E-state index in [1.807, 2.05) is 0 Å². The molecule has 1 heterocycles. The second-order valence-electron chi connectivity index (χ2n) is 6.71. The normalized spacial score (nSPS) is 32.4. The van der Waals surface area contributed by atoms with Gasteiger partial charge in [0.2, 0.25) is 5.91 Å². The molecule has 2 rings (SSSR count). The van der Waals surface area contributed by atoms with Crippen molar-refractivity contribution in [3.8, 4) is 0 Å². The first-order valence-electron chi connectivity index (χ1n) is 8.33. The molecule has 0 spiro atoms. The number of nitrogens with two attached hydrogens (primary N) is 1. The Morgan fingerprint density at radius 3 is 2.80 bits per heavy atom. The maximum atomic E-state index is 12.4. The highest BCUT2D eigenvalue weighted by Gasteiger charge is 2.27. The summed E-state index contributed by atoms with van der Waals surface area (Å²) in [4.78, 5) is 16.8. The SMILES string of the molecule is CCC1CN(C(=O)CCC2CCCC(N)C2)CCN1C. The molecule has 1 aliphatic carbocycles. The van der Waals surface area contributed by atoms with Crippen LogP contribution in [0, 0.1) is 5.92 Å². The van der Waals surface area contributed by atoms with Crippen molar-refractivity contribution in [1.82, 2.24) is 9.80 Å². The van der Waals surface area contributed by atoms with Gasteiger partial charge in [0.25, 0.3) is 0 Å². The summed E-state index contributed by atoms with van der Waals surface area (Å²) in [6.07, 6.45) is 7.67. The Bertz CT molecular complexity index is 321. The van der Waals surface area contributed by atoms with E-state index in [2.05, 4.69) is 23.8 Å². The molecule has 0 radical (unpaired) electrons. The minimum atomic E-state index is 0.357. The summed E-state index contributed by atoms with van der Waals surface area (Å²) in [5.41, 5.74) is 6.02. The van der Waals surface area contributed by atoms with Crippen molar-refractivity contribution in [2.24, 2.45) is 11.7 Å². The molecule has 1 saturated carbocycles. The lowest BCUT2D eigenvalue weighted by Crippen LogP contribution is -2.53. The van der Waals surface area contributed by atoms with Gasteiger partial charge in [0.1, 0.15) is 0 Å². The highest BCUT2D eigenvalue weighted by Crippen LogP contribution is 2.27. The molecule has 1 aliphatic heterocycles. The van der Waals surface area contributed by atoms with Gasteiger partial charge in [-0.05, 0) is 38.6 Å². The zero-order valence-corrected chi connectivity index (χ0v) is 13.2. The van der Waals surface area contributed by atoms with E-state index < -0.39 is 0 Å². The van der Waals surface area contributed by atoms with Crippen LogP contribution in [-0.4, -0.2) is 54.5 Å². The van der Waals surface area contributed by atoms with Crippen molar-refractivity contribution in [2.45, 2.75) is 64.0 Å². The molecule has 1 amide bonds. The molecule has 0 aromatic carbocycles. The molecule has 4 nitrogen and oxygen atoms in total. The van der Waals surface area contributed by atoms with Gasteiger partial charge in [0.05, 0.1) is 0 Å². The quantitative estimate of drug-likeness (QED) is 0.855. The van der Waals surface area contributed by atoms with Crippen LogP contribution in [0.25, 0.3) is 0 Å². The predicted octanol–water partition coefficient (Wildman–Crippen LogP) is 1.84. The summed E-state index contributed by atoms with van der Waals surface area (Å²) < 4.78 is 0. The molecule has 0 aromatic heterocycles. The summed E-state index contributed by atoms with van der Waals surface area (Å²) in [5, 5.41) is 0. The monoisotopic (exact) mass is 281 g/mol. The molecular formula is C16H31N3O. The number of carbonyl (C=O) groups is 1. The van der Waals surface area contributed by atoms with E-state index in [4.69, 9.17) is 5.73 Å². The number of hydrogen-bond donors (Lipinski definition) is 1. The minimum Gasteiger partial charge on any atom is -0.340 e. The number of hydrogen-bond acceptors (Lipinski definition) is 3. The number of rotatable bonds is 4. The van der Waals surface area contributed by atoms with Crippen LogP contribution in [-0.2, 0) is 4.79 Å². The van der Waals surface area contributed by atoms with Gasteiger partial charge >= 0.3 is 0 Å². The van der Waals surface area contributed by atoms with Crippen LogP contribution in [0.5, 0.6) is 0 Å². The number of amides is 1. The van der Waals surface area contributed by atoms with Crippen LogP contribution >= 0.6 is 0 Å². The summed E-state index contributed by atoms with van der Waals surface area (Å²) in [7, 11) is 2.17. The Kier molecular flexibility index (Phi) is 5.85. The second-order valence-corrected chi connectivity index (χ2v) is 6.71. The molecule has 4 heteroatoms. The van der Waals surface area contributed by atoms with E-state index >= 15 is 0 Å². The number of carbonyl (C=O) groups excluding carboxylic acids is 1. The van der Waals surface area contributed by atoms with Crippen LogP contribution in [0.15, 0.2) is 0 Å². The van der Waals surface area contributed by atoms with Crippen LogP contribution in [0.3, 0.4) is 0 Å². The maximum Gasteiger partial charge on any atom is 0.222 e. The molecule has 0 bridgehead atoms. The molecule has 2 aliphatic rings. The summed E-state index contributed by atoms with van der Waals surface area (Å²) in [6, 6.07) is 0.910. The van der Waals surface area contributed by atoms with Crippen molar-refractivity contribution in [2.75, 3.05) is 26.7 Å². The van der Waals surface area contributed by atoms with Crippen molar-refractivity contribution >= 4 is 5.91 Å². The van der Waals surface area contributed by atoms with Crippen molar-refractivity contribution in [1.29, 1.82) is 0 Å². The Hall–Kier alpha value is -0.610. The van der Waals surface area contributed by atoms with Crippen LogP contribution < -0.4 is 5.73 Å². The molecule has 20 heavy (non-hydrogen) atoms. The Labute approximate surface area is 123 Å². The van der Waals surface area contributed by atoms with E-state index in [0.29, 0.717) is 23.9 Å². The highest BCUT2D eigenvalue weighted by atomic mass is 16.2. The number of nitrogens with zero attached hydrogens (tertiary/aromatic N) is 2. The van der Waals surface area contributed by atoms with Crippen molar-refractivity contribution in [3.63, 3.8) is 0 Å². The van der Waals surface area contributed by atoms with E-state index in [0.717, 1.165) is 45.3 Å². The van der Waals surface area contributed by atoms with Gasteiger partial charge in [-0.15, -0.1) is 0 Å². The zero-order chi connectivity index (χ0) is 14.5. The molecule has 0 aromatic rings. The lowest BCUT2D eigenvalue weighted by atomic mass is 9.83. The topological polar surface area (TPSA) is 49.6 Å². The third kappa shape index (κ3) is 4.19. The average Bonchev–Trinajstić information content (AvgIpc) is 2.45. The number of piperazine rings is 1. The fraction of sp³-hybridized carbons (Fsp3) is 0.938. The third-order valence-electron chi connectivity index (χ3n) is 5.19. The molecular weight excluding hydrogens is 250 g/mol. The van der Waals surface area contributed by atoms with Crippen LogP contribution in [0.2, 0.25) is 0 Å². The van der Waals surface area contributed by atoms with E-state index in [-0.39, 0.29) is 0 Å². The lowest BCUT2D eigenvalue weighted by Gasteiger charge is -2.39.